The molecule has 0 bridgehead atoms. The lowest BCUT2D eigenvalue weighted by Crippen LogP contribution is -2.27. The van der Waals surface area contributed by atoms with E-state index >= 15 is 0 Å². The van der Waals surface area contributed by atoms with Gasteiger partial charge >= 0.3 is 0 Å². The average Bonchev–Trinajstić information content (AvgIpc) is 2.78. The van der Waals surface area contributed by atoms with Crippen molar-refractivity contribution >= 4 is 52.2 Å². The van der Waals surface area contributed by atoms with Crippen LogP contribution in [0.15, 0.2) is 47.5 Å². The summed E-state index contributed by atoms with van der Waals surface area (Å²) < 4.78 is 0. The number of nitrogens with zero attached hydrogens (tertiary/aromatic N) is 2. The first-order chi connectivity index (χ1) is 11.0. The van der Waals surface area contributed by atoms with E-state index < -0.39 is 0 Å². The number of benzene rings is 1. The van der Waals surface area contributed by atoms with E-state index in [4.69, 9.17) is 23.2 Å². The van der Waals surface area contributed by atoms with Crippen LogP contribution >= 0.6 is 35.0 Å². The maximum Gasteiger partial charge on any atom is 0.293 e. The lowest BCUT2D eigenvalue weighted by atomic mass is 10.2. The van der Waals surface area contributed by atoms with Crippen molar-refractivity contribution in [2.45, 2.75) is 6.54 Å². The van der Waals surface area contributed by atoms with E-state index in [-0.39, 0.29) is 17.7 Å². The summed E-state index contributed by atoms with van der Waals surface area (Å²) >= 11 is 12.9. The number of carbonyl (C=O) groups excluding carboxylic acids is 2. The Morgan fingerprint density at radius 2 is 2.00 bits per heavy atom. The van der Waals surface area contributed by atoms with Gasteiger partial charge in [-0.1, -0.05) is 35.3 Å². The van der Waals surface area contributed by atoms with Gasteiger partial charge in [-0.25, -0.2) is 0 Å². The number of amides is 2. The van der Waals surface area contributed by atoms with Gasteiger partial charge in [-0.15, -0.1) is 0 Å². The average molecular weight is 365 g/mol. The number of hydrogen-bond donors (Lipinski definition) is 0. The van der Waals surface area contributed by atoms with E-state index in [0.717, 1.165) is 16.7 Å². The summed E-state index contributed by atoms with van der Waals surface area (Å²) in [7, 11) is 0. The van der Waals surface area contributed by atoms with E-state index in [1.54, 1.807) is 42.6 Å². The van der Waals surface area contributed by atoms with Gasteiger partial charge in [-0.05, 0) is 47.7 Å². The molecule has 2 heterocycles. The predicted molar refractivity (Wildman–Crippen MR) is 92.2 cm³/mol. The zero-order chi connectivity index (χ0) is 16.4. The van der Waals surface area contributed by atoms with Gasteiger partial charge in [0.2, 0.25) is 0 Å². The first-order valence-electron chi connectivity index (χ1n) is 6.65. The molecule has 0 unspecified atom stereocenters. The van der Waals surface area contributed by atoms with Gasteiger partial charge in [0.05, 0.1) is 17.1 Å². The normalized spacial score (nSPS) is 16.4. The first kappa shape index (κ1) is 16.1. The summed E-state index contributed by atoms with van der Waals surface area (Å²) in [5, 5.41) is 0.594. The van der Waals surface area contributed by atoms with Crippen molar-refractivity contribution in [1.29, 1.82) is 0 Å². The molecular weight excluding hydrogens is 355 g/mol. The third-order valence-electron chi connectivity index (χ3n) is 3.18. The molecule has 2 aromatic rings. The number of thioether (sulfide) groups is 1. The van der Waals surface area contributed by atoms with Crippen LogP contribution < -0.4 is 0 Å². The molecular formula is C16H10Cl2N2O2S. The molecule has 0 saturated carbocycles. The van der Waals surface area contributed by atoms with Gasteiger partial charge in [0.25, 0.3) is 11.1 Å². The zero-order valence-corrected chi connectivity index (χ0v) is 14.0. The molecule has 0 N–H and O–H groups in total. The van der Waals surface area contributed by atoms with Gasteiger partial charge in [0.15, 0.2) is 0 Å². The second-order valence-corrected chi connectivity index (χ2v) is 6.60. The minimum absolute atomic E-state index is 0.111. The van der Waals surface area contributed by atoms with Crippen molar-refractivity contribution in [3.05, 3.63) is 68.8 Å². The van der Waals surface area contributed by atoms with Gasteiger partial charge < -0.3 is 0 Å². The topological polar surface area (TPSA) is 50.3 Å². The highest BCUT2D eigenvalue weighted by Crippen LogP contribution is 2.34. The van der Waals surface area contributed by atoms with Crippen molar-refractivity contribution in [2.24, 2.45) is 0 Å². The van der Waals surface area contributed by atoms with Crippen LogP contribution in [-0.4, -0.2) is 21.0 Å². The molecule has 1 aromatic carbocycles. The number of pyridine rings is 1. The van der Waals surface area contributed by atoms with Crippen LogP contribution in [0.4, 0.5) is 4.79 Å². The fraction of sp³-hybridized carbons (Fsp3) is 0.0625. The van der Waals surface area contributed by atoms with Crippen LogP contribution in [0.2, 0.25) is 10.0 Å². The van der Waals surface area contributed by atoms with Gasteiger partial charge in [-0.2, -0.15) is 0 Å². The molecule has 0 radical (unpaired) electrons. The summed E-state index contributed by atoms with van der Waals surface area (Å²) in [6, 6.07) is 10.3. The molecule has 0 atom stereocenters. The summed E-state index contributed by atoms with van der Waals surface area (Å²) in [4.78, 5) is 30.2. The molecule has 0 aliphatic carbocycles. The van der Waals surface area contributed by atoms with E-state index in [2.05, 4.69) is 4.98 Å². The second-order valence-electron chi connectivity index (χ2n) is 4.76. The summed E-state index contributed by atoms with van der Waals surface area (Å²) in [6.07, 6.45) is 3.23. The molecule has 0 spiro atoms. The number of rotatable bonds is 3. The molecule has 7 heteroatoms. The standard InChI is InChI=1S/C16H10Cl2N2O2S/c17-11-5-4-10(13(18)7-11)9-20-15(21)14(23-16(20)22)8-12-3-1-2-6-19-12/h1-8H,9H2/b14-8+. The molecule has 1 aliphatic heterocycles. The summed E-state index contributed by atoms with van der Waals surface area (Å²) in [5.74, 6) is -0.350. The van der Waals surface area contributed by atoms with Crippen LogP contribution in [0.1, 0.15) is 11.3 Å². The number of aromatic nitrogens is 1. The third kappa shape index (κ3) is 3.58. The number of hydrogen-bond acceptors (Lipinski definition) is 4. The van der Waals surface area contributed by atoms with Crippen LogP contribution in [0.5, 0.6) is 0 Å². The third-order valence-corrected chi connectivity index (χ3v) is 4.68. The van der Waals surface area contributed by atoms with Gasteiger partial charge in [-0.3, -0.25) is 19.5 Å². The van der Waals surface area contributed by atoms with Crippen molar-refractivity contribution in [3.63, 3.8) is 0 Å². The number of carbonyl (C=O) groups is 2. The maximum atomic E-state index is 12.4. The minimum atomic E-state index is -0.350. The molecule has 4 nitrogen and oxygen atoms in total. The second kappa shape index (κ2) is 6.74. The van der Waals surface area contributed by atoms with Crippen molar-refractivity contribution in [2.75, 3.05) is 0 Å². The Bertz CT molecular complexity index is 809. The maximum absolute atomic E-state index is 12.4. The van der Waals surface area contributed by atoms with Crippen molar-refractivity contribution < 1.29 is 9.59 Å². The molecule has 1 fully saturated rings. The Morgan fingerprint density at radius 1 is 1.17 bits per heavy atom. The highest BCUT2D eigenvalue weighted by Gasteiger charge is 2.35. The van der Waals surface area contributed by atoms with Crippen LogP contribution in [0, 0.1) is 0 Å². The summed E-state index contributed by atoms with van der Waals surface area (Å²) in [6.45, 7) is 0.111. The number of imide groups is 1. The van der Waals surface area contributed by atoms with E-state index in [9.17, 15) is 9.59 Å². The number of halogens is 2. The summed E-state index contributed by atoms with van der Waals surface area (Å²) in [5.41, 5.74) is 1.29. The Labute approximate surface area is 147 Å². The Morgan fingerprint density at radius 3 is 2.70 bits per heavy atom. The monoisotopic (exact) mass is 364 g/mol. The smallest absolute Gasteiger partial charge is 0.268 e. The van der Waals surface area contributed by atoms with Gasteiger partial charge in [0.1, 0.15) is 0 Å². The molecule has 116 valence electrons. The molecule has 1 aliphatic rings. The van der Waals surface area contributed by atoms with E-state index in [1.807, 2.05) is 6.07 Å². The highest BCUT2D eigenvalue weighted by atomic mass is 35.5. The molecule has 1 aromatic heterocycles. The fourth-order valence-corrected chi connectivity index (χ4v) is 3.34. The Hall–Kier alpha value is -1.82. The van der Waals surface area contributed by atoms with Crippen LogP contribution in [-0.2, 0) is 11.3 Å². The SMILES string of the molecule is O=C1S/C(=C/c2ccccn2)C(=O)N1Cc1ccc(Cl)cc1Cl. The largest absolute Gasteiger partial charge is 0.293 e. The van der Waals surface area contributed by atoms with E-state index in [0.29, 0.717) is 26.2 Å². The molecule has 2 amide bonds. The van der Waals surface area contributed by atoms with Crippen LogP contribution in [0.25, 0.3) is 6.08 Å². The Balaban J connectivity index is 1.83. The lowest BCUT2D eigenvalue weighted by molar-refractivity contribution is -0.123. The molecule has 3 rings (SSSR count). The van der Waals surface area contributed by atoms with Crippen LogP contribution in [0.3, 0.4) is 0 Å². The lowest BCUT2D eigenvalue weighted by Gasteiger charge is -2.13. The van der Waals surface area contributed by atoms with E-state index in [1.165, 1.54) is 0 Å². The molecule has 1 saturated heterocycles. The minimum Gasteiger partial charge on any atom is -0.268 e. The first-order valence-corrected chi connectivity index (χ1v) is 8.22. The quantitative estimate of drug-likeness (QED) is 0.745. The zero-order valence-electron chi connectivity index (χ0n) is 11.7. The van der Waals surface area contributed by atoms with Gasteiger partial charge in [0, 0.05) is 16.2 Å². The highest BCUT2D eigenvalue weighted by molar-refractivity contribution is 8.18. The van der Waals surface area contributed by atoms with Crippen molar-refractivity contribution in [3.8, 4) is 0 Å². The van der Waals surface area contributed by atoms with Crippen molar-refractivity contribution in [1.82, 2.24) is 9.88 Å². The Kier molecular flexibility index (Phi) is 4.71. The fourth-order valence-electron chi connectivity index (χ4n) is 2.05. The predicted octanol–water partition coefficient (Wildman–Crippen LogP) is 4.62. The molecule has 23 heavy (non-hydrogen) atoms.